The molecule has 8 nitrogen and oxygen atoms in total. The highest BCUT2D eigenvalue weighted by molar-refractivity contribution is 5.98. The summed E-state index contributed by atoms with van der Waals surface area (Å²) >= 11 is 0. The zero-order chi connectivity index (χ0) is 27.7. The van der Waals surface area contributed by atoms with Crippen LogP contribution in [0.15, 0.2) is 43.0 Å². The van der Waals surface area contributed by atoms with E-state index in [2.05, 4.69) is 15.4 Å². The van der Waals surface area contributed by atoms with Crippen molar-refractivity contribution < 1.29 is 22.8 Å². The molecular formula is C28H29F3N6O2. The van der Waals surface area contributed by atoms with E-state index in [0.29, 0.717) is 27.7 Å². The van der Waals surface area contributed by atoms with Crippen molar-refractivity contribution in [3.8, 4) is 11.3 Å². The first-order valence-corrected chi connectivity index (χ1v) is 13.0. The van der Waals surface area contributed by atoms with Crippen LogP contribution in [0.25, 0.3) is 27.7 Å². The van der Waals surface area contributed by atoms with Crippen LogP contribution in [0.3, 0.4) is 0 Å². The van der Waals surface area contributed by atoms with Crippen molar-refractivity contribution in [3.63, 3.8) is 0 Å². The van der Waals surface area contributed by atoms with Crippen LogP contribution in [0.2, 0.25) is 0 Å². The Hall–Kier alpha value is -3.73. The molecule has 2 fully saturated rings. The highest BCUT2D eigenvalue weighted by Gasteiger charge is 2.62. The van der Waals surface area contributed by atoms with Crippen molar-refractivity contribution in [1.82, 2.24) is 29.4 Å². The average Bonchev–Trinajstić information content (AvgIpc) is 3.43. The zero-order valence-electron chi connectivity index (χ0n) is 21.9. The van der Waals surface area contributed by atoms with E-state index in [0.717, 1.165) is 31.4 Å². The Morgan fingerprint density at radius 1 is 1.28 bits per heavy atom. The predicted octanol–water partition coefficient (Wildman–Crippen LogP) is 4.33. The van der Waals surface area contributed by atoms with Gasteiger partial charge in [-0.1, -0.05) is 13.8 Å². The quantitative estimate of drug-likeness (QED) is 0.370. The largest absolute Gasteiger partial charge is 0.416 e. The fourth-order valence-electron chi connectivity index (χ4n) is 6.10. The molecule has 1 amide bonds. The highest BCUT2D eigenvalue weighted by Crippen LogP contribution is 2.57. The maximum atomic E-state index is 13.9. The molecule has 0 radical (unpaired) electrons. The number of carbonyl (C=O) groups excluding carboxylic acids is 2. The molecule has 1 N–H and O–H groups in total. The van der Waals surface area contributed by atoms with Crippen molar-refractivity contribution in [3.05, 3.63) is 54.1 Å². The van der Waals surface area contributed by atoms with Crippen LogP contribution < -0.4 is 5.32 Å². The third-order valence-electron chi connectivity index (χ3n) is 8.40. The molecule has 3 atom stereocenters. The molecule has 4 heterocycles. The number of fused-ring (bicyclic) bond motifs is 2. The van der Waals surface area contributed by atoms with E-state index in [-0.39, 0.29) is 35.7 Å². The van der Waals surface area contributed by atoms with Gasteiger partial charge in [0.15, 0.2) is 0 Å². The van der Waals surface area contributed by atoms with Crippen molar-refractivity contribution in [2.24, 2.45) is 17.3 Å². The summed E-state index contributed by atoms with van der Waals surface area (Å²) in [5.74, 6) is -0.766. The molecule has 1 aromatic carbocycles. The van der Waals surface area contributed by atoms with Gasteiger partial charge in [0.2, 0.25) is 5.91 Å². The fourth-order valence-corrected chi connectivity index (χ4v) is 6.10. The fraction of sp³-hybridized carbons (Fsp3) is 0.429. The van der Waals surface area contributed by atoms with E-state index in [1.54, 1.807) is 28.7 Å². The molecule has 2 aliphatic rings. The summed E-state index contributed by atoms with van der Waals surface area (Å²) in [6, 6.07) is 6.01. The molecule has 0 spiro atoms. The van der Waals surface area contributed by atoms with Crippen molar-refractivity contribution in [2.75, 3.05) is 20.1 Å². The van der Waals surface area contributed by atoms with Gasteiger partial charge >= 0.3 is 6.18 Å². The Kier molecular flexibility index (Phi) is 5.83. The lowest BCUT2D eigenvalue weighted by molar-refractivity contribution is -0.137. The highest BCUT2D eigenvalue weighted by atomic mass is 19.4. The number of aromatic nitrogens is 4. The maximum Gasteiger partial charge on any atom is 0.416 e. The monoisotopic (exact) mass is 538 g/mol. The molecule has 1 saturated heterocycles. The first-order valence-electron chi connectivity index (χ1n) is 13.0. The Morgan fingerprint density at radius 3 is 2.74 bits per heavy atom. The topological polar surface area (TPSA) is 84.5 Å². The van der Waals surface area contributed by atoms with Crippen LogP contribution in [0.1, 0.15) is 37.4 Å². The Bertz CT molecular complexity index is 1600. The lowest BCUT2D eigenvalue weighted by atomic mass is 10.0. The van der Waals surface area contributed by atoms with Gasteiger partial charge in [0, 0.05) is 55.4 Å². The number of hydrogen-bond donors (Lipinski definition) is 1. The second-order valence-corrected chi connectivity index (χ2v) is 11.3. The molecule has 1 aliphatic carbocycles. The number of hydrogen-bond acceptors (Lipinski definition) is 5. The van der Waals surface area contributed by atoms with E-state index >= 15 is 0 Å². The van der Waals surface area contributed by atoms with Gasteiger partial charge in [-0.2, -0.15) is 18.3 Å². The number of rotatable bonds is 6. The smallest absolute Gasteiger partial charge is 0.343 e. The van der Waals surface area contributed by atoms with Gasteiger partial charge in [0.1, 0.15) is 12.6 Å². The summed E-state index contributed by atoms with van der Waals surface area (Å²) in [5.41, 5.74) is 1.66. The van der Waals surface area contributed by atoms with Crippen molar-refractivity contribution in [1.29, 1.82) is 0 Å². The second kappa shape index (κ2) is 8.90. The predicted molar refractivity (Wildman–Crippen MR) is 139 cm³/mol. The number of carbonyl (C=O) groups is 2. The van der Waals surface area contributed by atoms with Crippen LogP contribution in [-0.2, 0) is 22.3 Å². The molecule has 1 saturated carbocycles. The summed E-state index contributed by atoms with van der Waals surface area (Å²) in [6.45, 7) is 5.66. The summed E-state index contributed by atoms with van der Waals surface area (Å²) < 4.78 is 45.4. The third-order valence-corrected chi connectivity index (χ3v) is 8.40. The molecule has 11 heteroatoms. The van der Waals surface area contributed by atoms with E-state index in [9.17, 15) is 22.8 Å². The Balaban J connectivity index is 1.42. The minimum absolute atomic E-state index is 0.110. The third kappa shape index (κ3) is 4.19. The zero-order valence-corrected chi connectivity index (χ0v) is 21.9. The maximum absolute atomic E-state index is 13.9. The van der Waals surface area contributed by atoms with E-state index in [4.69, 9.17) is 0 Å². The first-order chi connectivity index (χ1) is 18.5. The van der Waals surface area contributed by atoms with Crippen molar-refractivity contribution in [2.45, 2.75) is 39.0 Å². The minimum Gasteiger partial charge on any atom is -0.343 e. The van der Waals surface area contributed by atoms with Crippen LogP contribution in [0.4, 0.5) is 13.2 Å². The molecule has 39 heavy (non-hydrogen) atoms. The van der Waals surface area contributed by atoms with Crippen molar-refractivity contribution >= 4 is 28.6 Å². The molecule has 3 aromatic heterocycles. The molecule has 204 valence electrons. The van der Waals surface area contributed by atoms with Gasteiger partial charge in [0.05, 0.1) is 28.2 Å². The number of nitrogens with one attached hydrogen (secondary N) is 1. The number of alkyl halides is 3. The molecule has 1 aliphatic heterocycles. The standard InChI is InChI=1S/C28H29F3N6O2/c1-27(2)21(14-38)23(27)26(39)35(3)12-16-8-22-24(33-15-34-37(22)13-16)20-10-18(28(29,30)31)9-17-5-7-36(25(17)20)19-4-6-32-11-19/h5,7-10,13-15,19,21,23,32H,4,6,11-12H2,1-3H3. The van der Waals surface area contributed by atoms with Gasteiger partial charge in [-0.15, -0.1) is 0 Å². The molecule has 6 rings (SSSR count). The lowest BCUT2D eigenvalue weighted by Crippen LogP contribution is -2.29. The summed E-state index contributed by atoms with van der Waals surface area (Å²) in [7, 11) is 1.69. The summed E-state index contributed by atoms with van der Waals surface area (Å²) in [4.78, 5) is 30.4. The van der Waals surface area contributed by atoms with Crippen LogP contribution in [0, 0.1) is 17.3 Å². The van der Waals surface area contributed by atoms with Gasteiger partial charge in [-0.25, -0.2) is 9.50 Å². The van der Waals surface area contributed by atoms with Crippen LogP contribution in [-0.4, -0.2) is 56.4 Å². The lowest BCUT2D eigenvalue weighted by Gasteiger charge is -2.17. The van der Waals surface area contributed by atoms with Crippen LogP contribution in [0.5, 0.6) is 0 Å². The van der Waals surface area contributed by atoms with Crippen LogP contribution >= 0.6 is 0 Å². The minimum atomic E-state index is -4.52. The van der Waals surface area contributed by atoms with Gasteiger partial charge in [-0.3, -0.25) is 4.79 Å². The Morgan fingerprint density at radius 2 is 2.08 bits per heavy atom. The number of benzene rings is 1. The first kappa shape index (κ1) is 25.5. The molecule has 3 unspecified atom stereocenters. The van der Waals surface area contributed by atoms with E-state index in [1.807, 2.05) is 30.7 Å². The number of nitrogens with zero attached hydrogens (tertiary/aromatic N) is 5. The average molecular weight is 539 g/mol. The van der Waals surface area contributed by atoms with Gasteiger partial charge in [-0.05, 0) is 48.2 Å². The number of amides is 1. The normalized spacial score (nSPS) is 22.5. The Labute approximate surface area is 222 Å². The number of aldehydes is 1. The SMILES string of the molecule is CN(Cc1cc2c(-c3cc(C(F)(F)F)cc4ccn(C5CCNC5)c34)ncnn2c1)C(=O)C1C(C=O)C1(C)C. The van der Waals surface area contributed by atoms with Gasteiger partial charge < -0.3 is 19.6 Å². The van der Waals surface area contributed by atoms with E-state index in [1.165, 1.54) is 18.5 Å². The molecular weight excluding hydrogens is 509 g/mol. The van der Waals surface area contributed by atoms with E-state index < -0.39 is 11.7 Å². The second-order valence-electron chi connectivity index (χ2n) is 11.3. The molecule has 4 aromatic rings. The molecule has 0 bridgehead atoms. The van der Waals surface area contributed by atoms with Gasteiger partial charge in [0.25, 0.3) is 0 Å². The summed E-state index contributed by atoms with van der Waals surface area (Å²) in [5, 5.41) is 8.11. The summed E-state index contributed by atoms with van der Waals surface area (Å²) in [6.07, 6.45) is 2.14. The number of halogens is 3.